The first kappa shape index (κ1) is 20.5. The van der Waals surface area contributed by atoms with Gasteiger partial charge in [-0.25, -0.2) is 4.98 Å². The van der Waals surface area contributed by atoms with E-state index in [2.05, 4.69) is 20.6 Å². The third-order valence-electron chi connectivity index (χ3n) is 4.12. The van der Waals surface area contributed by atoms with Gasteiger partial charge in [-0.3, -0.25) is 14.4 Å². The summed E-state index contributed by atoms with van der Waals surface area (Å²) in [5.74, 6) is -1.01. The maximum Gasteiger partial charge on any atom is 0.294 e. The van der Waals surface area contributed by atoms with Crippen molar-refractivity contribution in [3.8, 4) is 0 Å². The summed E-state index contributed by atoms with van der Waals surface area (Å²) in [4.78, 5) is 45.5. The van der Waals surface area contributed by atoms with E-state index in [1.54, 1.807) is 60.8 Å². The van der Waals surface area contributed by atoms with Crippen LogP contribution in [0.15, 0.2) is 60.8 Å². The number of primary amides is 1. The lowest BCUT2D eigenvalue weighted by Gasteiger charge is -2.13. The number of rotatable bonds is 7. The molecule has 0 unspecified atom stereocenters. The number of hydrogen-bond donors (Lipinski definition) is 3. The Bertz CT molecular complexity index is 1100. The second-order valence-corrected chi connectivity index (χ2v) is 6.53. The van der Waals surface area contributed by atoms with Gasteiger partial charge in [0.25, 0.3) is 11.7 Å². The van der Waals surface area contributed by atoms with E-state index in [1.807, 2.05) is 0 Å². The number of likely N-dealkylation sites (N-methyl/N-ethyl adjacent to an activating group) is 1. The lowest BCUT2D eigenvalue weighted by Crippen LogP contribution is -2.30. The van der Waals surface area contributed by atoms with Crippen LogP contribution >= 0.6 is 0 Å². The molecule has 0 fully saturated rings. The van der Waals surface area contributed by atoms with Gasteiger partial charge in [-0.05, 0) is 42.5 Å². The number of Topliss-reactive ketones (excluding diaryl/α,β-unsaturated/α-hetero) is 1. The second kappa shape index (κ2) is 8.82. The molecule has 1 aromatic heterocycles. The molecule has 0 spiro atoms. The van der Waals surface area contributed by atoms with Crippen molar-refractivity contribution in [3.05, 3.63) is 71.9 Å². The first-order valence-electron chi connectivity index (χ1n) is 8.97. The minimum atomic E-state index is -0.620. The normalized spacial score (nSPS) is 10.2. The van der Waals surface area contributed by atoms with Crippen LogP contribution in [0.25, 0.3) is 0 Å². The molecule has 152 valence electrons. The standard InChI is InChI=1S/C21H20N6O3/c1-27(2)20(30)18(28)15-5-3-4-6-16(15)25-17-11-12-23-21(26-17)24-14-9-7-13(8-10-14)19(22)29/h3-12H,1-2H3,(H2,22,29)(H2,23,24,25,26). The van der Waals surface area contributed by atoms with Gasteiger partial charge in [0.05, 0.1) is 11.3 Å². The molecule has 9 nitrogen and oxygen atoms in total. The predicted molar refractivity (Wildman–Crippen MR) is 113 cm³/mol. The fourth-order valence-electron chi connectivity index (χ4n) is 2.58. The van der Waals surface area contributed by atoms with Crippen molar-refractivity contribution in [2.24, 2.45) is 5.73 Å². The van der Waals surface area contributed by atoms with Gasteiger partial charge >= 0.3 is 0 Å². The molecule has 0 saturated carbocycles. The van der Waals surface area contributed by atoms with Gasteiger partial charge in [-0.1, -0.05) is 12.1 Å². The summed E-state index contributed by atoms with van der Waals surface area (Å²) in [6.07, 6.45) is 1.55. The van der Waals surface area contributed by atoms with Crippen LogP contribution in [0.4, 0.5) is 23.1 Å². The molecule has 0 aliphatic heterocycles. The first-order chi connectivity index (χ1) is 14.3. The van der Waals surface area contributed by atoms with Crippen molar-refractivity contribution in [1.29, 1.82) is 0 Å². The Labute approximate surface area is 172 Å². The lowest BCUT2D eigenvalue weighted by molar-refractivity contribution is -0.124. The summed E-state index contributed by atoms with van der Waals surface area (Å²) < 4.78 is 0. The van der Waals surface area contributed by atoms with Gasteiger partial charge in [0.1, 0.15) is 5.82 Å². The van der Waals surface area contributed by atoms with Crippen molar-refractivity contribution < 1.29 is 14.4 Å². The van der Waals surface area contributed by atoms with Crippen molar-refractivity contribution in [1.82, 2.24) is 14.9 Å². The molecule has 0 bridgehead atoms. The summed E-state index contributed by atoms with van der Waals surface area (Å²) in [7, 11) is 3.04. The van der Waals surface area contributed by atoms with Gasteiger partial charge in [-0.2, -0.15) is 4.98 Å². The number of nitrogens with zero attached hydrogens (tertiary/aromatic N) is 3. The van der Waals surface area contributed by atoms with E-state index in [4.69, 9.17) is 5.73 Å². The van der Waals surface area contributed by atoms with Crippen LogP contribution in [-0.2, 0) is 4.79 Å². The Morgan fingerprint density at radius 2 is 1.63 bits per heavy atom. The minimum Gasteiger partial charge on any atom is -0.366 e. The lowest BCUT2D eigenvalue weighted by atomic mass is 10.1. The number of nitrogens with two attached hydrogens (primary N) is 1. The van der Waals surface area contributed by atoms with Gasteiger partial charge in [0.2, 0.25) is 11.9 Å². The van der Waals surface area contributed by atoms with Gasteiger partial charge < -0.3 is 21.3 Å². The summed E-state index contributed by atoms with van der Waals surface area (Å²) in [6, 6.07) is 14.9. The van der Waals surface area contributed by atoms with Crippen molar-refractivity contribution in [2.75, 3.05) is 24.7 Å². The maximum atomic E-state index is 12.5. The van der Waals surface area contributed by atoms with Crippen LogP contribution in [0.2, 0.25) is 0 Å². The average molecular weight is 404 g/mol. The predicted octanol–water partition coefficient (Wildman–Crippen LogP) is 2.33. The van der Waals surface area contributed by atoms with E-state index in [-0.39, 0.29) is 5.56 Å². The fourth-order valence-corrected chi connectivity index (χ4v) is 2.58. The van der Waals surface area contributed by atoms with Crippen molar-refractivity contribution in [2.45, 2.75) is 0 Å². The SMILES string of the molecule is CN(C)C(=O)C(=O)c1ccccc1Nc1ccnc(Nc2ccc(C(N)=O)cc2)n1. The molecular formula is C21H20N6O3. The van der Waals surface area contributed by atoms with E-state index in [9.17, 15) is 14.4 Å². The smallest absolute Gasteiger partial charge is 0.294 e. The molecule has 30 heavy (non-hydrogen) atoms. The van der Waals surface area contributed by atoms with E-state index in [0.29, 0.717) is 28.7 Å². The quantitative estimate of drug-likeness (QED) is 0.407. The molecule has 0 radical (unpaired) electrons. The molecule has 0 aliphatic carbocycles. The molecule has 2 aromatic carbocycles. The third kappa shape index (κ3) is 4.76. The zero-order valence-corrected chi connectivity index (χ0v) is 16.4. The maximum absolute atomic E-state index is 12.5. The Morgan fingerprint density at radius 1 is 0.933 bits per heavy atom. The zero-order valence-electron chi connectivity index (χ0n) is 16.4. The van der Waals surface area contributed by atoms with Crippen LogP contribution < -0.4 is 16.4 Å². The highest BCUT2D eigenvalue weighted by molar-refractivity contribution is 6.43. The number of nitrogens with one attached hydrogen (secondary N) is 2. The number of para-hydroxylation sites is 1. The monoisotopic (exact) mass is 404 g/mol. The molecule has 4 N–H and O–H groups in total. The molecule has 0 saturated heterocycles. The Hall–Kier alpha value is -4.27. The zero-order chi connectivity index (χ0) is 21.7. The Kier molecular flexibility index (Phi) is 6.02. The summed E-state index contributed by atoms with van der Waals surface area (Å²) in [5.41, 5.74) is 7.00. The number of carbonyl (C=O) groups excluding carboxylic acids is 3. The molecular weight excluding hydrogens is 384 g/mol. The largest absolute Gasteiger partial charge is 0.366 e. The molecule has 0 aliphatic rings. The number of aromatic nitrogens is 2. The minimum absolute atomic E-state index is 0.242. The molecule has 3 rings (SSSR count). The molecule has 1 heterocycles. The summed E-state index contributed by atoms with van der Waals surface area (Å²) in [6.45, 7) is 0. The first-order valence-corrected chi connectivity index (χ1v) is 8.97. The topological polar surface area (TPSA) is 130 Å². The highest BCUT2D eigenvalue weighted by Gasteiger charge is 2.21. The van der Waals surface area contributed by atoms with E-state index in [1.165, 1.54) is 19.0 Å². The highest BCUT2D eigenvalue weighted by Crippen LogP contribution is 2.22. The van der Waals surface area contributed by atoms with Gasteiger partial charge in [-0.15, -0.1) is 0 Å². The fraction of sp³-hybridized carbons (Fsp3) is 0.0952. The van der Waals surface area contributed by atoms with Crippen LogP contribution in [-0.4, -0.2) is 46.6 Å². The van der Waals surface area contributed by atoms with Gasteiger partial charge in [0, 0.05) is 31.5 Å². The van der Waals surface area contributed by atoms with Crippen molar-refractivity contribution in [3.63, 3.8) is 0 Å². The number of hydrogen-bond acceptors (Lipinski definition) is 7. The summed E-state index contributed by atoms with van der Waals surface area (Å²) in [5, 5.41) is 6.08. The Morgan fingerprint density at radius 3 is 2.30 bits per heavy atom. The Balaban J connectivity index is 1.80. The van der Waals surface area contributed by atoms with Crippen LogP contribution in [0, 0.1) is 0 Å². The van der Waals surface area contributed by atoms with Crippen LogP contribution in [0.5, 0.6) is 0 Å². The third-order valence-corrected chi connectivity index (χ3v) is 4.12. The van der Waals surface area contributed by atoms with Gasteiger partial charge in [0.15, 0.2) is 0 Å². The molecule has 9 heteroatoms. The van der Waals surface area contributed by atoms with Crippen LogP contribution in [0.1, 0.15) is 20.7 Å². The van der Waals surface area contributed by atoms with Crippen LogP contribution in [0.3, 0.4) is 0 Å². The second-order valence-electron chi connectivity index (χ2n) is 6.53. The molecule has 0 atom stereocenters. The number of carbonyl (C=O) groups is 3. The number of amides is 2. The molecule has 2 amide bonds. The number of benzene rings is 2. The molecule has 3 aromatic rings. The summed E-state index contributed by atoms with van der Waals surface area (Å²) >= 11 is 0. The van der Waals surface area contributed by atoms with E-state index in [0.717, 1.165) is 0 Å². The number of anilines is 4. The average Bonchev–Trinajstić information content (AvgIpc) is 2.73. The highest BCUT2D eigenvalue weighted by atomic mass is 16.2. The van der Waals surface area contributed by atoms with E-state index >= 15 is 0 Å². The van der Waals surface area contributed by atoms with Crippen molar-refractivity contribution >= 4 is 40.7 Å². The number of ketones is 1. The van der Waals surface area contributed by atoms with E-state index < -0.39 is 17.6 Å².